The maximum absolute atomic E-state index is 9.23. The van der Waals surface area contributed by atoms with Gasteiger partial charge in [-0.2, -0.15) is 5.10 Å². The molecule has 1 N–H and O–H groups in total. The first kappa shape index (κ1) is 8.31. The number of phenols is 1. The van der Waals surface area contributed by atoms with Crippen molar-refractivity contribution in [3.63, 3.8) is 0 Å². The number of phenolic OH excluding ortho intramolecular Hbond substituents is 1. The van der Waals surface area contributed by atoms with Gasteiger partial charge in [-0.3, -0.25) is 0 Å². The molecule has 0 amide bonds. The van der Waals surface area contributed by atoms with E-state index in [9.17, 15) is 5.11 Å². The molecule has 0 fully saturated rings. The number of halogens is 1. The molecule has 0 saturated heterocycles. The Hall–Kier alpha value is -1.29. The first-order valence-electron chi connectivity index (χ1n) is 3.76. The summed E-state index contributed by atoms with van der Waals surface area (Å²) < 4.78 is 2.46. The SMILES string of the molecule is Oc1cccc(-n2ccc(Br)n2)c1. The Balaban J connectivity index is 2.46. The van der Waals surface area contributed by atoms with Gasteiger partial charge in [0.1, 0.15) is 10.4 Å². The average Bonchev–Trinajstić information content (AvgIpc) is 2.52. The quantitative estimate of drug-likeness (QED) is 0.829. The van der Waals surface area contributed by atoms with E-state index < -0.39 is 0 Å². The Morgan fingerprint density at radius 1 is 1.31 bits per heavy atom. The van der Waals surface area contributed by atoms with Gasteiger partial charge in [0.25, 0.3) is 0 Å². The molecule has 0 aliphatic heterocycles. The van der Waals surface area contributed by atoms with Crippen molar-refractivity contribution in [3.05, 3.63) is 41.1 Å². The number of aromatic hydroxyl groups is 1. The molecule has 1 aromatic carbocycles. The molecule has 0 unspecified atom stereocenters. The number of hydrogen-bond donors (Lipinski definition) is 1. The Kier molecular flexibility index (Phi) is 2.06. The molecule has 13 heavy (non-hydrogen) atoms. The monoisotopic (exact) mass is 238 g/mol. The van der Waals surface area contributed by atoms with Crippen molar-refractivity contribution in [3.8, 4) is 11.4 Å². The van der Waals surface area contributed by atoms with Gasteiger partial charge in [0.15, 0.2) is 0 Å². The van der Waals surface area contributed by atoms with Crippen LogP contribution in [-0.2, 0) is 0 Å². The van der Waals surface area contributed by atoms with Crippen molar-refractivity contribution in [2.24, 2.45) is 0 Å². The van der Waals surface area contributed by atoms with Crippen molar-refractivity contribution < 1.29 is 5.11 Å². The minimum absolute atomic E-state index is 0.240. The lowest BCUT2D eigenvalue weighted by Crippen LogP contribution is -1.93. The van der Waals surface area contributed by atoms with E-state index in [1.807, 2.05) is 18.3 Å². The highest BCUT2D eigenvalue weighted by atomic mass is 79.9. The highest BCUT2D eigenvalue weighted by molar-refractivity contribution is 9.10. The second-order valence-electron chi connectivity index (χ2n) is 2.60. The van der Waals surface area contributed by atoms with Crippen molar-refractivity contribution in [2.45, 2.75) is 0 Å². The second-order valence-corrected chi connectivity index (χ2v) is 3.42. The molecule has 0 aliphatic carbocycles. The molecule has 0 bridgehead atoms. The minimum Gasteiger partial charge on any atom is -0.508 e. The molecule has 0 aliphatic rings. The van der Waals surface area contributed by atoms with Crippen LogP contribution in [0, 0.1) is 0 Å². The van der Waals surface area contributed by atoms with Gasteiger partial charge in [-0.15, -0.1) is 0 Å². The summed E-state index contributed by atoms with van der Waals surface area (Å²) in [4.78, 5) is 0. The summed E-state index contributed by atoms with van der Waals surface area (Å²) >= 11 is 3.25. The number of benzene rings is 1. The fourth-order valence-electron chi connectivity index (χ4n) is 1.08. The lowest BCUT2D eigenvalue weighted by molar-refractivity contribution is 0.475. The van der Waals surface area contributed by atoms with Gasteiger partial charge in [0.05, 0.1) is 5.69 Å². The van der Waals surface area contributed by atoms with E-state index in [4.69, 9.17) is 0 Å². The summed E-state index contributed by atoms with van der Waals surface area (Å²) in [6.45, 7) is 0. The second kappa shape index (κ2) is 3.22. The highest BCUT2D eigenvalue weighted by Crippen LogP contribution is 2.15. The number of nitrogens with zero attached hydrogens (tertiary/aromatic N) is 2. The van der Waals surface area contributed by atoms with Gasteiger partial charge in [-0.1, -0.05) is 6.07 Å². The summed E-state index contributed by atoms with van der Waals surface area (Å²) in [5.41, 5.74) is 0.839. The molecule has 2 rings (SSSR count). The first-order valence-corrected chi connectivity index (χ1v) is 4.55. The molecule has 0 spiro atoms. The third-order valence-corrected chi connectivity index (χ3v) is 2.07. The smallest absolute Gasteiger partial charge is 0.128 e. The van der Waals surface area contributed by atoms with Crippen molar-refractivity contribution in [1.29, 1.82) is 0 Å². The van der Waals surface area contributed by atoms with Crippen molar-refractivity contribution >= 4 is 15.9 Å². The van der Waals surface area contributed by atoms with Crippen LogP contribution in [0.5, 0.6) is 5.75 Å². The predicted molar refractivity (Wildman–Crippen MR) is 52.9 cm³/mol. The molecule has 4 heteroatoms. The van der Waals surface area contributed by atoms with Gasteiger partial charge in [-0.05, 0) is 34.1 Å². The predicted octanol–water partition coefficient (Wildman–Crippen LogP) is 2.34. The van der Waals surface area contributed by atoms with Crippen LogP contribution in [0.15, 0.2) is 41.1 Å². The zero-order valence-corrected chi connectivity index (χ0v) is 8.27. The molecule has 3 nitrogen and oxygen atoms in total. The summed E-state index contributed by atoms with van der Waals surface area (Å²) in [6.07, 6.45) is 1.82. The Labute approximate surface area is 83.8 Å². The molecule has 0 saturated carbocycles. The molecule has 1 heterocycles. The van der Waals surface area contributed by atoms with Gasteiger partial charge in [0, 0.05) is 12.3 Å². The maximum Gasteiger partial charge on any atom is 0.128 e. The van der Waals surface area contributed by atoms with Crippen molar-refractivity contribution in [2.75, 3.05) is 0 Å². The largest absolute Gasteiger partial charge is 0.508 e. The normalized spacial score (nSPS) is 10.2. The zero-order valence-electron chi connectivity index (χ0n) is 6.68. The lowest BCUT2D eigenvalue weighted by Gasteiger charge is -2.00. The summed E-state index contributed by atoms with van der Waals surface area (Å²) in [6, 6.07) is 8.77. The van der Waals surface area contributed by atoms with Crippen LogP contribution in [0.25, 0.3) is 5.69 Å². The van der Waals surface area contributed by atoms with E-state index in [2.05, 4.69) is 21.0 Å². The highest BCUT2D eigenvalue weighted by Gasteiger charge is 1.98. The topological polar surface area (TPSA) is 38.0 Å². The molecule has 1 aromatic heterocycles. The molecule has 2 aromatic rings. The van der Waals surface area contributed by atoms with E-state index in [1.54, 1.807) is 22.9 Å². The third kappa shape index (κ3) is 1.72. The summed E-state index contributed by atoms with van der Waals surface area (Å²) in [5, 5.41) is 13.4. The van der Waals surface area contributed by atoms with Crippen LogP contribution in [0.2, 0.25) is 0 Å². The maximum atomic E-state index is 9.23. The fraction of sp³-hybridized carbons (Fsp3) is 0. The van der Waals surface area contributed by atoms with Gasteiger partial charge >= 0.3 is 0 Å². The Bertz CT molecular complexity index is 425. The molecular weight excluding hydrogens is 232 g/mol. The van der Waals surface area contributed by atoms with Crippen LogP contribution in [0.4, 0.5) is 0 Å². The Morgan fingerprint density at radius 2 is 2.15 bits per heavy atom. The summed E-state index contributed by atoms with van der Waals surface area (Å²) in [5.74, 6) is 0.240. The molecule has 0 atom stereocenters. The van der Waals surface area contributed by atoms with Crippen LogP contribution in [-0.4, -0.2) is 14.9 Å². The zero-order chi connectivity index (χ0) is 9.26. The number of aromatic nitrogens is 2. The van der Waals surface area contributed by atoms with Gasteiger partial charge in [-0.25, -0.2) is 4.68 Å². The average molecular weight is 239 g/mol. The number of rotatable bonds is 1. The molecular formula is C9H7BrN2O. The van der Waals surface area contributed by atoms with E-state index in [0.29, 0.717) is 0 Å². The van der Waals surface area contributed by atoms with Crippen molar-refractivity contribution in [1.82, 2.24) is 9.78 Å². The molecule has 66 valence electrons. The van der Waals surface area contributed by atoms with Gasteiger partial charge in [0.2, 0.25) is 0 Å². The van der Waals surface area contributed by atoms with Gasteiger partial charge < -0.3 is 5.11 Å². The van der Waals surface area contributed by atoms with E-state index in [-0.39, 0.29) is 5.75 Å². The minimum atomic E-state index is 0.240. The van der Waals surface area contributed by atoms with E-state index in [1.165, 1.54) is 0 Å². The van der Waals surface area contributed by atoms with Crippen LogP contribution in [0.3, 0.4) is 0 Å². The van der Waals surface area contributed by atoms with E-state index >= 15 is 0 Å². The standard InChI is InChI=1S/C9H7BrN2O/c10-9-4-5-12(11-9)7-2-1-3-8(13)6-7/h1-6,13H. The number of hydrogen-bond acceptors (Lipinski definition) is 2. The first-order chi connectivity index (χ1) is 6.25. The summed E-state index contributed by atoms with van der Waals surface area (Å²) in [7, 11) is 0. The Morgan fingerprint density at radius 3 is 2.77 bits per heavy atom. The lowest BCUT2D eigenvalue weighted by atomic mass is 10.3. The van der Waals surface area contributed by atoms with E-state index in [0.717, 1.165) is 10.3 Å². The third-order valence-electron chi connectivity index (χ3n) is 1.65. The van der Waals surface area contributed by atoms with Crippen LogP contribution in [0.1, 0.15) is 0 Å². The fourth-order valence-corrected chi connectivity index (χ4v) is 1.37. The molecule has 0 radical (unpaired) electrons. The van der Waals surface area contributed by atoms with Crippen LogP contribution < -0.4 is 0 Å². The van der Waals surface area contributed by atoms with Crippen LogP contribution >= 0.6 is 15.9 Å².